The second kappa shape index (κ2) is 5.70. The zero-order chi connectivity index (χ0) is 14.8. The number of nitrogens with two attached hydrogens (primary N) is 1. The average Bonchev–Trinajstić information content (AvgIpc) is 2.25. The number of piperidine rings is 1. The summed E-state index contributed by atoms with van der Waals surface area (Å²) in [5.41, 5.74) is 1.54. The number of anilines is 1. The van der Waals surface area contributed by atoms with E-state index in [9.17, 15) is 0 Å². The summed E-state index contributed by atoms with van der Waals surface area (Å²) >= 11 is 5.43. The van der Waals surface area contributed by atoms with Gasteiger partial charge in [0.2, 0.25) is 0 Å². The van der Waals surface area contributed by atoms with Gasteiger partial charge in [0.15, 0.2) is 5.11 Å². The molecule has 110 valence electrons. The molecule has 0 spiro atoms. The standard InChI is InChI=1S/C16H25N3S/c1-15(2)10-13(11-16(3,4)19-15)18-14(20)17-12-8-6-5-7-9-12/h5-9,13,19H,10-11H2,1-4H3,(H2,17,18,20)/p+1. The molecule has 0 amide bonds. The van der Waals surface area contributed by atoms with Gasteiger partial charge in [-0.1, -0.05) is 18.2 Å². The van der Waals surface area contributed by atoms with Gasteiger partial charge in [-0.25, -0.2) is 0 Å². The van der Waals surface area contributed by atoms with Crippen molar-refractivity contribution in [1.82, 2.24) is 5.32 Å². The van der Waals surface area contributed by atoms with Gasteiger partial charge in [0.1, 0.15) is 0 Å². The third-order valence-electron chi connectivity index (χ3n) is 3.69. The van der Waals surface area contributed by atoms with Crippen LogP contribution >= 0.6 is 12.2 Å². The van der Waals surface area contributed by atoms with E-state index < -0.39 is 0 Å². The second-order valence-corrected chi connectivity index (χ2v) is 7.60. The fourth-order valence-corrected chi connectivity index (χ4v) is 3.78. The molecule has 3 nitrogen and oxygen atoms in total. The highest BCUT2D eigenvalue weighted by Gasteiger charge is 2.41. The molecule has 1 saturated heterocycles. The summed E-state index contributed by atoms with van der Waals surface area (Å²) in [7, 11) is 0. The van der Waals surface area contributed by atoms with Crippen molar-refractivity contribution in [3.8, 4) is 0 Å². The normalized spacial score (nSPS) is 21.2. The molecule has 1 aliphatic rings. The van der Waals surface area contributed by atoms with E-state index in [1.807, 2.05) is 30.3 Å². The summed E-state index contributed by atoms with van der Waals surface area (Å²) in [6, 6.07) is 10.5. The highest BCUT2D eigenvalue weighted by molar-refractivity contribution is 7.80. The molecule has 0 unspecified atom stereocenters. The summed E-state index contributed by atoms with van der Waals surface area (Å²) in [4.78, 5) is 0. The molecule has 1 fully saturated rings. The van der Waals surface area contributed by atoms with Crippen LogP contribution in [-0.4, -0.2) is 22.2 Å². The largest absolute Gasteiger partial charge is 0.359 e. The number of thiocarbonyl (C=S) groups is 1. The number of quaternary nitrogens is 1. The Morgan fingerprint density at radius 3 is 2.20 bits per heavy atom. The van der Waals surface area contributed by atoms with E-state index in [0.717, 1.165) is 23.6 Å². The molecule has 0 aliphatic carbocycles. The topological polar surface area (TPSA) is 40.7 Å². The molecule has 20 heavy (non-hydrogen) atoms. The minimum Gasteiger partial charge on any atom is -0.359 e. The van der Waals surface area contributed by atoms with Crippen LogP contribution in [0.15, 0.2) is 30.3 Å². The summed E-state index contributed by atoms with van der Waals surface area (Å²) in [6.07, 6.45) is 2.24. The lowest BCUT2D eigenvalue weighted by Gasteiger charge is -2.43. The molecule has 0 radical (unpaired) electrons. The molecule has 2 rings (SSSR count). The van der Waals surface area contributed by atoms with Gasteiger partial charge in [0, 0.05) is 24.6 Å². The lowest BCUT2D eigenvalue weighted by molar-refractivity contribution is -0.787. The molecule has 0 saturated carbocycles. The number of benzene rings is 1. The minimum atomic E-state index is 0.252. The van der Waals surface area contributed by atoms with Crippen LogP contribution in [0.4, 0.5) is 5.69 Å². The lowest BCUT2D eigenvalue weighted by Crippen LogP contribution is -3.06. The smallest absolute Gasteiger partial charge is 0.171 e. The Morgan fingerprint density at radius 1 is 1.10 bits per heavy atom. The summed E-state index contributed by atoms with van der Waals surface area (Å²) in [5.74, 6) is 0. The molecule has 4 heteroatoms. The van der Waals surface area contributed by atoms with Gasteiger partial charge in [0.25, 0.3) is 0 Å². The quantitative estimate of drug-likeness (QED) is 0.732. The van der Waals surface area contributed by atoms with E-state index in [4.69, 9.17) is 12.2 Å². The van der Waals surface area contributed by atoms with Crippen molar-refractivity contribution in [2.24, 2.45) is 0 Å². The fraction of sp³-hybridized carbons (Fsp3) is 0.562. The van der Waals surface area contributed by atoms with Gasteiger partial charge in [-0.05, 0) is 52.0 Å². The summed E-state index contributed by atoms with van der Waals surface area (Å²) in [5, 5.41) is 9.93. The highest BCUT2D eigenvalue weighted by atomic mass is 32.1. The lowest BCUT2D eigenvalue weighted by atomic mass is 9.80. The molecule has 1 aliphatic heterocycles. The Bertz CT molecular complexity index is 452. The van der Waals surface area contributed by atoms with Crippen LogP contribution in [0.5, 0.6) is 0 Å². The Hall–Kier alpha value is -1.13. The van der Waals surface area contributed by atoms with E-state index in [1.165, 1.54) is 0 Å². The predicted molar refractivity (Wildman–Crippen MR) is 88.9 cm³/mol. The minimum absolute atomic E-state index is 0.252. The molecular weight excluding hydrogens is 266 g/mol. The number of nitrogens with one attached hydrogen (secondary N) is 2. The first-order valence-electron chi connectivity index (χ1n) is 7.25. The van der Waals surface area contributed by atoms with Gasteiger partial charge < -0.3 is 16.0 Å². The summed E-state index contributed by atoms with van der Waals surface area (Å²) in [6.45, 7) is 9.21. The Kier molecular flexibility index (Phi) is 4.35. The van der Waals surface area contributed by atoms with Crippen molar-refractivity contribution in [3.63, 3.8) is 0 Å². The third kappa shape index (κ3) is 4.46. The van der Waals surface area contributed by atoms with E-state index in [-0.39, 0.29) is 11.1 Å². The van der Waals surface area contributed by atoms with Crippen LogP contribution in [0.1, 0.15) is 40.5 Å². The molecule has 4 N–H and O–H groups in total. The first-order chi connectivity index (χ1) is 9.26. The number of hydrogen-bond donors (Lipinski definition) is 3. The van der Waals surface area contributed by atoms with Gasteiger partial charge in [-0.3, -0.25) is 0 Å². The first-order valence-corrected chi connectivity index (χ1v) is 7.66. The molecule has 1 aromatic rings. The van der Waals surface area contributed by atoms with Crippen molar-refractivity contribution in [2.75, 3.05) is 5.32 Å². The van der Waals surface area contributed by atoms with Crippen LogP contribution in [0.25, 0.3) is 0 Å². The maximum atomic E-state index is 5.43. The number of rotatable bonds is 2. The fourth-order valence-electron chi connectivity index (χ4n) is 3.49. The Morgan fingerprint density at radius 2 is 1.65 bits per heavy atom. The van der Waals surface area contributed by atoms with Crippen LogP contribution in [0.2, 0.25) is 0 Å². The number of hydrogen-bond acceptors (Lipinski definition) is 1. The van der Waals surface area contributed by atoms with E-state index in [2.05, 4.69) is 43.6 Å². The van der Waals surface area contributed by atoms with Gasteiger partial charge in [-0.2, -0.15) is 0 Å². The van der Waals surface area contributed by atoms with E-state index >= 15 is 0 Å². The molecule has 0 aromatic heterocycles. The number of para-hydroxylation sites is 1. The molecule has 1 aromatic carbocycles. The zero-order valence-electron chi connectivity index (χ0n) is 12.9. The predicted octanol–water partition coefficient (Wildman–Crippen LogP) is 2.26. The molecular formula is C16H26N3S+. The van der Waals surface area contributed by atoms with Crippen molar-refractivity contribution in [3.05, 3.63) is 30.3 Å². The van der Waals surface area contributed by atoms with Crippen molar-refractivity contribution >= 4 is 23.0 Å². The molecule has 0 atom stereocenters. The zero-order valence-corrected chi connectivity index (χ0v) is 13.7. The van der Waals surface area contributed by atoms with Crippen LogP contribution in [0, 0.1) is 0 Å². The third-order valence-corrected chi connectivity index (χ3v) is 3.91. The van der Waals surface area contributed by atoms with Crippen LogP contribution in [0.3, 0.4) is 0 Å². The Labute approximate surface area is 127 Å². The SMILES string of the molecule is CC1(C)CC(NC(=S)Nc2ccccc2)CC(C)(C)[NH2+]1. The van der Waals surface area contributed by atoms with Crippen LogP contribution < -0.4 is 16.0 Å². The van der Waals surface area contributed by atoms with E-state index in [1.54, 1.807) is 0 Å². The molecule has 0 bridgehead atoms. The first kappa shape index (κ1) is 15.3. The average molecular weight is 292 g/mol. The van der Waals surface area contributed by atoms with Crippen LogP contribution in [-0.2, 0) is 0 Å². The maximum absolute atomic E-state index is 5.43. The molecule has 1 heterocycles. The van der Waals surface area contributed by atoms with E-state index in [0.29, 0.717) is 6.04 Å². The monoisotopic (exact) mass is 292 g/mol. The maximum Gasteiger partial charge on any atom is 0.171 e. The van der Waals surface area contributed by atoms with Gasteiger partial charge >= 0.3 is 0 Å². The van der Waals surface area contributed by atoms with Gasteiger partial charge in [0.05, 0.1) is 11.1 Å². The second-order valence-electron chi connectivity index (χ2n) is 7.19. The van der Waals surface area contributed by atoms with Crippen molar-refractivity contribution in [1.29, 1.82) is 0 Å². The van der Waals surface area contributed by atoms with Gasteiger partial charge in [-0.15, -0.1) is 0 Å². The summed E-state index contributed by atoms with van der Waals surface area (Å²) < 4.78 is 0. The Balaban J connectivity index is 1.94. The highest BCUT2D eigenvalue weighted by Crippen LogP contribution is 2.21. The van der Waals surface area contributed by atoms with Crippen molar-refractivity contribution in [2.45, 2.75) is 57.7 Å². The van der Waals surface area contributed by atoms with Crippen molar-refractivity contribution < 1.29 is 5.32 Å².